The molecule has 0 unspecified atom stereocenters. The smallest absolute Gasteiger partial charge is 0.127 e. The monoisotopic (exact) mass is 285 g/mol. The van der Waals surface area contributed by atoms with Crippen LogP contribution in [0.25, 0.3) is 11.1 Å². The number of rotatable bonds is 0. The fraction of sp³-hybridized carbons (Fsp3) is 0.421. The fourth-order valence-electron chi connectivity index (χ4n) is 2.28. The largest absolute Gasteiger partial charge is 0.493 e. The molecule has 2 nitrogen and oxygen atoms in total. The van der Waals surface area contributed by atoms with E-state index in [1.54, 1.807) is 0 Å². The Morgan fingerprint density at radius 3 is 2.29 bits per heavy atom. The van der Waals surface area contributed by atoms with E-state index in [9.17, 15) is 0 Å². The van der Waals surface area contributed by atoms with Crippen molar-refractivity contribution in [3.63, 3.8) is 0 Å². The van der Waals surface area contributed by atoms with Crippen LogP contribution in [-0.2, 0) is 6.42 Å². The van der Waals surface area contributed by atoms with E-state index in [1.165, 1.54) is 11.1 Å². The van der Waals surface area contributed by atoms with E-state index in [4.69, 9.17) is 4.74 Å². The molecule has 1 aliphatic rings. The molecule has 0 N–H and O–H groups in total. The third kappa shape index (κ3) is 4.07. The van der Waals surface area contributed by atoms with Crippen molar-refractivity contribution in [3.8, 4) is 16.9 Å². The highest BCUT2D eigenvalue weighted by molar-refractivity contribution is 5.73. The van der Waals surface area contributed by atoms with Gasteiger partial charge in [0, 0.05) is 23.2 Å². The number of hydrogen-bond donors (Lipinski definition) is 0. The Balaban J connectivity index is 0.000000510. The first-order valence-corrected chi connectivity index (χ1v) is 7.94. The minimum Gasteiger partial charge on any atom is -0.493 e. The van der Waals surface area contributed by atoms with Crippen LogP contribution in [0.2, 0.25) is 0 Å². The van der Waals surface area contributed by atoms with Gasteiger partial charge in [0.15, 0.2) is 0 Å². The summed E-state index contributed by atoms with van der Waals surface area (Å²) in [4.78, 5) is 4.62. The number of ether oxygens (including phenoxy) is 1. The lowest BCUT2D eigenvalue weighted by Crippen LogP contribution is -2.00. The van der Waals surface area contributed by atoms with Gasteiger partial charge in [-0.15, -0.1) is 0 Å². The van der Waals surface area contributed by atoms with Gasteiger partial charge < -0.3 is 4.74 Å². The van der Waals surface area contributed by atoms with Crippen LogP contribution in [0.1, 0.15) is 44.6 Å². The minimum atomic E-state index is 0.708. The highest BCUT2D eigenvalue weighted by Gasteiger charge is 2.16. The van der Waals surface area contributed by atoms with Crippen molar-refractivity contribution < 1.29 is 4.74 Å². The summed E-state index contributed by atoms with van der Waals surface area (Å²) in [6.45, 7) is 12.8. The Morgan fingerprint density at radius 1 is 0.905 bits per heavy atom. The normalized spacial score (nSPS) is 11.3. The fourth-order valence-corrected chi connectivity index (χ4v) is 2.28. The Morgan fingerprint density at radius 2 is 1.57 bits per heavy atom. The number of nitrogens with zero attached hydrogens (tertiary/aromatic N) is 1. The first kappa shape index (κ1) is 17.2. The van der Waals surface area contributed by atoms with E-state index in [1.807, 2.05) is 34.6 Å². The van der Waals surface area contributed by atoms with Gasteiger partial charge >= 0.3 is 0 Å². The van der Waals surface area contributed by atoms with E-state index < -0.39 is 0 Å². The number of aromatic nitrogens is 1. The molecular formula is C19H27NO. The average molecular weight is 285 g/mol. The lowest BCUT2D eigenvalue weighted by atomic mass is 10.0. The van der Waals surface area contributed by atoms with Gasteiger partial charge in [-0.25, -0.2) is 0 Å². The molecule has 0 aliphatic carbocycles. The van der Waals surface area contributed by atoms with Crippen LogP contribution in [0.3, 0.4) is 0 Å². The Labute approximate surface area is 129 Å². The molecule has 2 aromatic rings. The first-order chi connectivity index (χ1) is 10.2. The Bertz CT molecular complexity index is 524. The van der Waals surface area contributed by atoms with Gasteiger partial charge in [-0.3, -0.25) is 4.98 Å². The lowest BCUT2D eigenvalue weighted by molar-refractivity contribution is 0.325. The lowest BCUT2D eigenvalue weighted by Gasteiger charge is -2.09. The van der Waals surface area contributed by atoms with Gasteiger partial charge in [-0.1, -0.05) is 45.9 Å². The average Bonchev–Trinajstić information content (AvgIpc) is 2.69. The molecule has 1 aliphatic heterocycles. The van der Waals surface area contributed by atoms with E-state index in [-0.39, 0.29) is 0 Å². The molecule has 21 heavy (non-hydrogen) atoms. The van der Waals surface area contributed by atoms with Crippen molar-refractivity contribution in [3.05, 3.63) is 47.3 Å². The topological polar surface area (TPSA) is 22.1 Å². The molecule has 0 saturated heterocycles. The van der Waals surface area contributed by atoms with E-state index in [2.05, 4.69) is 42.2 Å². The molecule has 0 fully saturated rings. The van der Waals surface area contributed by atoms with Crippen molar-refractivity contribution in [2.45, 2.75) is 48.0 Å². The number of aryl methyl sites for hydroxylation is 2. The predicted molar refractivity (Wildman–Crippen MR) is 91.0 cm³/mol. The van der Waals surface area contributed by atoms with E-state index in [0.29, 0.717) is 6.61 Å². The van der Waals surface area contributed by atoms with Crippen LogP contribution in [0, 0.1) is 13.8 Å². The summed E-state index contributed by atoms with van der Waals surface area (Å²) in [6.07, 6.45) is 0.880. The van der Waals surface area contributed by atoms with Crippen LogP contribution < -0.4 is 4.74 Å². The van der Waals surface area contributed by atoms with Gasteiger partial charge in [0.25, 0.3) is 0 Å². The van der Waals surface area contributed by atoms with Crippen molar-refractivity contribution in [1.82, 2.24) is 4.98 Å². The molecule has 0 bridgehead atoms. The maximum atomic E-state index is 5.81. The number of fused-ring (bicyclic) bond motifs is 3. The SMILES string of the molecule is CC.CC.Cc1ccc2c(c1)OCCc1nc(C)ccc1-2. The summed E-state index contributed by atoms with van der Waals surface area (Å²) >= 11 is 0. The summed E-state index contributed by atoms with van der Waals surface area (Å²) < 4.78 is 5.81. The third-order valence-electron chi connectivity index (χ3n) is 3.14. The Hall–Kier alpha value is -1.83. The zero-order valence-corrected chi connectivity index (χ0v) is 14.2. The van der Waals surface area contributed by atoms with Crippen LogP contribution in [0.15, 0.2) is 30.3 Å². The summed E-state index contributed by atoms with van der Waals surface area (Å²) in [5.74, 6) is 0.981. The van der Waals surface area contributed by atoms with Gasteiger partial charge in [-0.05, 0) is 31.5 Å². The van der Waals surface area contributed by atoms with Crippen molar-refractivity contribution in [1.29, 1.82) is 0 Å². The molecule has 1 aromatic carbocycles. The van der Waals surface area contributed by atoms with Crippen LogP contribution in [0.5, 0.6) is 5.75 Å². The Kier molecular flexibility index (Phi) is 6.93. The van der Waals surface area contributed by atoms with Gasteiger partial charge in [0.2, 0.25) is 0 Å². The van der Waals surface area contributed by atoms with Crippen LogP contribution >= 0.6 is 0 Å². The molecule has 2 heteroatoms. The standard InChI is InChI=1S/C15H15NO.2C2H6/c1-10-3-5-13-12-6-4-11(2)16-14(12)7-8-17-15(13)9-10;2*1-2/h3-6,9H,7-8H2,1-2H3;2*1-2H3. The molecule has 3 rings (SSSR count). The molecule has 0 saturated carbocycles. The minimum absolute atomic E-state index is 0.708. The summed E-state index contributed by atoms with van der Waals surface area (Å²) in [5.41, 5.74) is 5.82. The number of pyridine rings is 1. The summed E-state index contributed by atoms with van der Waals surface area (Å²) in [6, 6.07) is 10.6. The van der Waals surface area contributed by atoms with Crippen LogP contribution in [0.4, 0.5) is 0 Å². The molecule has 0 amide bonds. The molecular weight excluding hydrogens is 258 g/mol. The molecule has 1 aromatic heterocycles. The second kappa shape index (κ2) is 8.46. The van der Waals surface area contributed by atoms with E-state index in [0.717, 1.165) is 29.1 Å². The van der Waals surface area contributed by atoms with Crippen molar-refractivity contribution in [2.24, 2.45) is 0 Å². The maximum absolute atomic E-state index is 5.81. The van der Waals surface area contributed by atoms with E-state index >= 15 is 0 Å². The van der Waals surface area contributed by atoms with Gasteiger partial charge in [0.05, 0.1) is 12.3 Å². The van der Waals surface area contributed by atoms with Gasteiger partial charge in [0.1, 0.15) is 5.75 Å². The molecule has 114 valence electrons. The number of benzene rings is 1. The maximum Gasteiger partial charge on any atom is 0.127 e. The van der Waals surface area contributed by atoms with Gasteiger partial charge in [-0.2, -0.15) is 0 Å². The summed E-state index contributed by atoms with van der Waals surface area (Å²) in [7, 11) is 0. The second-order valence-corrected chi connectivity index (χ2v) is 4.54. The quantitative estimate of drug-likeness (QED) is 0.650. The third-order valence-corrected chi connectivity index (χ3v) is 3.14. The highest BCUT2D eigenvalue weighted by Crippen LogP contribution is 2.35. The van der Waals surface area contributed by atoms with Crippen molar-refractivity contribution >= 4 is 0 Å². The molecule has 0 atom stereocenters. The number of hydrogen-bond acceptors (Lipinski definition) is 2. The predicted octanol–water partition coefficient (Wildman–Crippen LogP) is 5.35. The summed E-state index contributed by atoms with van der Waals surface area (Å²) in [5, 5.41) is 0. The first-order valence-electron chi connectivity index (χ1n) is 7.94. The molecule has 0 radical (unpaired) electrons. The second-order valence-electron chi connectivity index (χ2n) is 4.54. The zero-order valence-electron chi connectivity index (χ0n) is 14.2. The zero-order chi connectivity index (χ0) is 15.8. The van der Waals surface area contributed by atoms with Crippen molar-refractivity contribution in [2.75, 3.05) is 6.61 Å². The molecule has 2 heterocycles. The van der Waals surface area contributed by atoms with Crippen LogP contribution in [-0.4, -0.2) is 11.6 Å². The highest BCUT2D eigenvalue weighted by atomic mass is 16.5. The molecule has 0 spiro atoms.